The highest BCUT2D eigenvalue weighted by Crippen LogP contribution is 2.46. The summed E-state index contributed by atoms with van der Waals surface area (Å²) in [6.45, 7) is 12.6. The molecule has 0 amide bonds. The summed E-state index contributed by atoms with van der Waals surface area (Å²) in [5.74, 6) is 0. The van der Waals surface area contributed by atoms with Gasteiger partial charge in [0.2, 0.25) is 5.69 Å². The van der Waals surface area contributed by atoms with Crippen LogP contribution in [0.15, 0.2) is 115 Å². The van der Waals surface area contributed by atoms with E-state index in [0.29, 0.717) is 33.4 Å². The quantitative estimate of drug-likeness (QED) is 0.179. The van der Waals surface area contributed by atoms with Crippen LogP contribution < -0.4 is 0 Å². The summed E-state index contributed by atoms with van der Waals surface area (Å²) >= 11 is 0. The van der Waals surface area contributed by atoms with Gasteiger partial charge in [0.1, 0.15) is 0 Å². The van der Waals surface area contributed by atoms with E-state index >= 15 is 0 Å². The summed E-state index contributed by atoms with van der Waals surface area (Å²) in [5, 5.41) is 13.3. The molecule has 2 heterocycles. The van der Waals surface area contributed by atoms with Crippen LogP contribution in [-0.2, 0) is 6.18 Å². The van der Waals surface area contributed by atoms with Gasteiger partial charge in [0.15, 0.2) is 0 Å². The third-order valence-corrected chi connectivity index (χ3v) is 9.05. The summed E-state index contributed by atoms with van der Waals surface area (Å²) < 4.78 is 46.1. The van der Waals surface area contributed by atoms with E-state index in [1.807, 2.05) is 86.6 Å². The minimum Gasteiger partial charge on any atom is -0.319 e. The van der Waals surface area contributed by atoms with E-state index in [9.17, 15) is 18.4 Å². The van der Waals surface area contributed by atoms with Gasteiger partial charge < -0.3 is 9.13 Å². The summed E-state index contributed by atoms with van der Waals surface area (Å²) in [4.78, 5) is 4.18. The Kier molecular flexibility index (Phi) is 6.44. The maximum atomic E-state index is 14.1. The van der Waals surface area contributed by atoms with E-state index in [4.69, 9.17) is 6.57 Å². The predicted octanol–water partition coefficient (Wildman–Crippen LogP) is 11.6. The average molecular weight is 631 g/mol. The Morgan fingerprint density at radius 1 is 0.646 bits per heavy atom. The predicted molar refractivity (Wildman–Crippen MR) is 186 cm³/mol. The minimum absolute atomic E-state index is 0.275. The Bertz CT molecular complexity index is 2710. The van der Waals surface area contributed by atoms with Crippen LogP contribution in [0.25, 0.3) is 71.0 Å². The molecule has 8 rings (SSSR count). The largest absolute Gasteiger partial charge is 0.416 e. The number of halogens is 3. The van der Waals surface area contributed by atoms with E-state index in [1.165, 1.54) is 12.1 Å². The molecule has 0 atom stereocenters. The lowest BCUT2D eigenvalue weighted by Crippen LogP contribution is -2.05. The number of nitriles is 1. The number of aromatic nitrogens is 2. The molecule has 0 saturated heterocycles. The smallest absolute Gasteiger partial charge is 0.319 e. The highest BCUT2D eigenvalue weighted by Gasteiger charge is 2.32. The summed E-state index contributed by atoms with van der Waals surface area (Å²) in [6, 6.07) is 37.1. The molecule has 0 bridgehead atoms. The number of rotatable bonds is 3. The van der Waals surface area contributed by atoms with Crippen molar-refractivity contribution in [3.05, 3.63) is 149 Å². The molecule has 7 heteroatoms. The number of nitrogens with zero attached hydrogens (tertiary/aromatic N) is 4. The molecule has 8 aromatic rings. The molecule has 4 nitrogen and oxygen atoms in total. The van der Waals surface area contributed by atoms with Gasteiger partial charge in [-0.2, -0.15) is 18.4 Å². The van der Waals surface area contributed by atoms with Crippen LogP contribution in [0, 0.1) is 31.8 Å². The van der Waals surface area contributed by atoms with E-state index in [0.717, 1.165) is 55.5 Å². The molecule has 230 valence electrons. The Morgan fingerprint density at radius 2 is 1.27 bits per heavy atom. The third kappa shape index (κ3) is 4.36. The highest BCUT2D eigenvalue weighted by atomic mass is 19.4. The monoisotopic (exact) mass is 630 g/mol. The first-order chi connectivity index (χ1) is 23.2. The standard InChI is InChI=1S/C41H25F3N4/c1-24-12-14-32-31-9-5-7-11-35(31)48(37(32)20-24)40-29(27-19-25(2)18-26(21-27)23-45)16-17-36(39(40)46-3)47-34-10-6-4-8-30(34)33-15-13-28(22-38(33)47)41(42,43)44/h4-22H,1-2H3. The van der Waals surface area contributed by atoms with Crippen molar-refractivity contribution in [1.29, 1.82) is 5.26 Å². The van der Waals surface area contributed by atoms with Crippen LogP contribution >= 0.6 is 0 Å². The number of alkyl halides is 3. The van der Waals surface area contributed by atoms with Gasteiger partial charge in [0, 0.05) is 21.5 Å². The van der Waals surface area contributed by atoms with Gasteiger partial charge >= 0.3 is 6.18 Å². The molecular weight excluding hydrogens is 605 g/mol. The number of hydrogen-bond donors (Lipinski definition) is 0. The fraction of sp³-hybridized carbons (Fsp3) is 0.0732. The van der Waals surface area contributed by atoms with Crippen LogP contribution in [0.5, 0.6) is 0 Å². The molecule has 0 aliphatic carbocycles. The van der Waals surface area contributed by atoms with Crippen LogP contribution in [0.1, 0.15) is 22.3 Å². The molecule has 0 aliphatic heterocycles. The van der Waals surface area contributed by atoms with Crippen molar-refractivity contribution < 1.29 is 13.2 Å². The maximum absolute atomic E-state index is 14.1. The first-order valence-electron chi connectivity index (χ1n) is 15.4. The first kappa shape index (κ1) is 29.1. The number of fused-ring (bicyclic) bond motifs is 6. The highest BCUT2D eigenvalue weighted by molar-refractivity contribution is 6.12. The topological polar surface area (TPSA) is 38.0 Å². The number of aryl methyl sites for hydroxylation is 2. The molecule has 48 heavy (non-hydrogen) atoms. The second kappa shape index (κ2) is 10.6. The lowest BCUT2D eigenvalue weighted by molar-refractivity contribution is -0.137. The SMILES string of the molecule is [C-]#[N+]c1c(-n2c3ccccc3c3ccc(C(F)(F)F)cc32)ccc(-c2cc(C)cc(C#N)c2)c1-n1c2ccccc2c2ccc(C)cc21. The molecule has 0 unspecified atom stereocenters. The fourth-order valence-electron chi connectivity index (χ4n) is 7.05. The zero-order valence-corrected chi connectivity index (χ0v) is 25.9. The molecule has 2 aromatic heterocycles. The van der Waals surface area contributed by atoms with E-state index < -0.39 is 11.7 Å². The molecule has 0 fully saturated rings. The number of para-hydroxylation sites is 2. The van der Waals surface area contributed by atoms with Crippen molar-refractivity contribution in [2.75, 3.05) is 0 Å². The summed E-state index contributed by atoms with van der Waals surface area (Å²) in [6.07, 6.45) is -4.54. The first-order valence-corrected chi connectivity index (χ1v) is 15.4. The molecule has 0 radical (unpaired) electrons. The Morgan fingerprint density at radius 3 is 1.94 bits per heavy atom. The van der Waals surface area contributed by atoms with Crippen LogP contribution in [0.2, 0.25) is 0 Å². The zero-order chi connectivity index (χ0) is 33.3. The van der Waals surface area contributed by atoms with Crippen LogP contribution in [-0.4, -0.2) is 9.13 Å². The van der Waals surface area contributed by atoms with Crippen LogP contribution in [0.3, 0.4) is 0 Å². The number of benzene rings is 6. The Balaban J connectivity index is 1.58. The van der Waals surface area contributed by atoms with Gasteiger partial charge in [-0.25, -0.2) is 4.85 Å². The van der Waals surface area contributed by atoms with Gasteiger partial charge in [-0.15, -0.1) is 0 Å². The minimum atomic E-state index is -4.54. The summed E-state index contributed by atoms with van der Waals surface area (Å²) in [7, 11) is 0. The van der Waals surface area contributed by atoms with Gasteiger partial charge in [-0.3, -0.25) is 0 Å². The van der Waals surface area contributed by atoms with Crippen molar-refractivity contribution >= 4 is 49.3 Å². The molecule has 6 aromatic carbocycles. The van der Waals surface area contributed by atoms with Crippen molar-refractivity contribution in [2.45, 2.75) is 20.0 Å². The van der Waals surface area contributed by atoms with Crippen LogP contribution in [0.4, 0.5) is 18.9 Å². The van der Waals surface area contributed by atoms with Gasteiger partial charge in [-0.1, -0.05) is 66.7 Å². The van der Waals surface area contributed by atoms with Gasteiger partial charge in [0.25, 0.3) is 0 Å². The maximum Gasteiger partial charge on any atom is 0.416 e. The van der Waals surface area contributed by atoms with Gasteiger partial charge in [0.05, 0.1) is 57.2 Å². The van der Waals surface area contributed by atoms with Crippen molar-refractivity contribution in [1.82, 2.24) is 9.13 Å². The van der Waals surface area contributed by atoms with E-state index in [-0.39, 0.29) is 5.69 Å². The molecule has 0 N–H and O–H groups in total. The lowest BCUT2D eigenvalue weighted by atomic mass is 9.97. The molecule has 0 aliphatic rings. The average Bonchev–Trinajstić information content (AvgIpc) is 3.58. The van der Waals surface area contributed by atoms with Crippen molar-refractivity contribution in [3.8, 4) is 28.6 Å². The normalized spacial score (nSPS) is 11.8. The third-order valence-electron chi connectivity index (χ3n) is 9.05. The Hall–Kier alpha value is -6.31. The van der Waals surface area contributed by atoms with Crippen molar-refractivity contribution in [3.63, 3.8) is 0 Å². The summed E-state index contributed by atoms with van der Waals surface area (Å²) in [5.41, 5.74) is 7.30. The second-order valence-corrected chi connectivity index (χ2v) is 12.1. The second-order valence-electron chi connectivity index (χ2n) is 12.1. The van der Waals surface area contributed by atoms with E-state index in [2.05, 4.69) is 39.7 Å². The van der Waals surface area contributed by atoms with E-state index in [1.54, 1.807) is 4.57 Å². The molecule has 0 saturated carbocycles. The number of hydrogen-bond acceptors (Lipinski definition) is 1. The lowest BCUT2D eigenvalue weighted by Gasteiger charge is -2.21. The molecule has 0 spiro atoms. The van der Waals surface area contributed by atoms with Gasteiger partial charge in [-0.05, 0) is 84.6 Å². The molecular formula is C41H25F3N4. The van der Waals surface area contributed by atoms with Crippen molar-refractivity contribution in [2.24, 2.45) is 0 Å². The zero-order valence-electron chi connectivity index (χ0n) is 25.9. The Labute approximate surface area is 273 Å². The fourth-order valence-corrected chi connectivity index (χ4v) is 7.05.